The lowest BCUT2D eigenvalue weighted by molar-refractivity contribution is -0.130. The van der Waals surface area contributed by atoms with Crippen molar-refractivity contribution in [1.29, 1.82) is 0 Å². The van der Waals surface area contributed by atoms with E-state index in [0.29, 0.717) is 5.57 Å². The maximum atomic E-state index is 12.1. The number of ether oxygens (including phenoxy) is 1. The highest BCUT2D eigenvalue weighted by atomic mass is 16.5. The Morgan fingerprint density at radius 1 is 1.05 bits per heavy atom. The van der Waals surface area contributed by atoms with E-state index >= 15 is 0 Å². The zero-order valence-corrected chi connectivity index (χ0v) is 12.4. The summed E-state index contributed by atoms with van der Waals surface area (Å²) < 4.78 is 5.18. The van der Waals surface area contributed by atoms with Crippen LogP contribution in [0.1, 0.15) is 28.4 Å². The van der Waals surface area contributed by atoms with Gasteiger partial charge in [-0.15, -0.1) is 0 Å². The van der Waals surface area contributed by atoms with Gasteiger partial charge in [0.05, 0.1) is 0 Å². The van der Waals surface area contributed by atoms with Crippen molar-refractivity contribution >= 4 is 18.0 Å². The van der Waals surface area contributed by atoms with Crippen molar-refractivity contribution in [2.24, 2.45) is 0 Å². The number of benzene rings is 2. The van der Waals surface area contributed by atoms with Crippen molar-refractivity contribution in [3.8, 4) is 5.75 Å². The van der Waals surface area contributed by atoms with Gasteiger partial charge in [0.15, 0.2) is 0 Å². The number of hydrogen-bond donors (Lipinski definition) is 1. The summed E-state index contributed by atoms with van der Waals surface area (Å²) >= 11 is 0. The second-order valence-corrected chi connectivity index (χ2v) is 4.93. The topological polar surface area (TPSA) is 63.6 Å². The van der Waals surface area contributed by atoms with Crippen LogP contribution < -0.4 is 4.74 Å². The third-order valence-corrected chi connectivity index (χ3v) is 3.10. The van der Waals surface area contributed by atoms with Crippen LogP contribution in [0.15, 0.2) is 54.1 Å². The molecule has 0 radical (unpaired) electrons. The van der Waals surface area contributed by atoms with Gasteiger partial charge < -0.3 is 9.84 Å². The molecular weight excluding hydrogens is 280 g/mol. The summed E-state index contributed by atoms with van der Waals surface area (Å²) in [5.41, 5.74) is 2.36. The molecule has 2 aromatic carbocycles. The summed E-state index contributed by atoms with van der Waals surface area (Å²) in [4.78, 5) is 23.2. The predicted molar refractivity (Wildman–Crippen MR) is 83.9 cm³/mol. The molecule has 0 aliphatic rings. The van der Waals surface area contributed by atoms with Crippen LogP contribution >= 0.6 is 0 Å². The van der Waals surface area contributed by atoms with Gasteiger partial charge in [-0.2, -0.15) is 0 Å². The average Bonchev–Trinajstić information content (AvgIpc) is 2.49. The summed E-state index contributed by atoms with van der Waals surface area (Å²) in [5.74, 6) is -1.67. The van der Waals surface area contributed by atoms with Crippen LogP contribution in [0.3, 0.4) is 0 Å². The average molecular weight is 296 g/mol. The molecule has 2 rings (SSSR count). The minimum atomic E-state index is -1.14. The quantitative estimate of drug-likeness (QED) is 0.531. The van der Waals surface area contributed by atoms with E-state index in [1.165, 1.54) is 12.1 Å². The van der Waals surface area contributed by atoms with Crippen LogP contribution in [0.2, 0.25) is 0 Å². The maximum Gasteiger partial charge on any atom is 0.339 e. The number of carbonyl (C=O) groups excluding carboxylic acids is 1. The first-order valence-corrected chi connectivity index (χ1v) is 6.77. The Morgan fingerprint density at radius 2 is 1.68 bits per heavy atom. The SMILES string of the molecule is CC(=Cc1ccc(C)cc1)C(=O)Oc1ccccc1C(=O)O. The number of aryl methyl sites for hydroxylation is 1. The summed E-state index contributed by atoms with van der Waals surface area (Å²) in [6, 6.07) is 13.7. The molecule has 4 heteroatoms. The van der Waals surface area contributed by atoms with Crippen LogP contribution in [0, 0.1) is 6.92 Å². The van der Waals surface area contributed by atoms with Crippen LogP contribution in [0.5, 0.6) is 5.75 Å². The third kappa shape index (κ3) is 3.82. The van der Waals surface area contributed by atoms with Crippen LogP contribution in [0.4, 0.5) is 0 Å². The standard InChI is InChI=1S/C18H16O4/c1-12-7-9-14(10-8-12)11-13(2)18(21)22-16-6-4-3-5-15(16)17(19)20/h3-11H,1-2H3,(H,19,20). The molecule has 0 bridgehead atoms. The lowest BCUT2D eigenvalue weighted by Gasteiger charge is -2.07. The first-order chi connectivity index (χ1) is 10.5. The van der Waals surface area contributed by atoms with E-state index in [9.17, 15) is 9.59 Å². The number of carbonyl (C=O) groups is 2. The lowest BCUT2D eigenvalue weighted by Crippen LogP contribution is -2.12. The van der Waals surface area contributed by atoms with Gasteiger partial charge >= 0.3 is 11.9 Å². The summed E-state index contributed by atoms with van der Waals surface area (Å²) in [5, 5.41) is 9.07. The molecule has 0 fully saturated rings. The Balaban J connectivity index is 2.18. The fourth-order valence-electron chi connectivity index (χ4n) is 1.88. The van der Waals surface area contributed by atoms with Gasteiger partial charge in [-0.05, 0) is 37.6 Å². The molecule has 0 unspecified atom stereocenters. The molecule has 0 aliphatic carbocycles. The molecule has 2 aromatic rings. The molecule has 112 valence electrons. The van der Waals surface area contributed by atoms with Gasteiger partial charge in [0.1, 0.15) is 11.3 Å². The molecule has 0 saturated carbocycles. The van der Waals surface area contributed by atoms with Gasteiger partial charge in [0.2, 0.25) is 0 Å². The second-order valence-electron chi connectivity index (χ2n) is 4.93. The van der Waals surface area contributed by atoms with E-state index in [1.54, 1.807) is 25.1 Å². The normalized spacial score (nSPS) is 11.1. The van der Waals surface area contributed by atoms with Crippen molar-refractivity contribution in [1.82, 2.24) is 0 Å². The lowest BCUT2D eigenvalue weighted by atomic mass is 10.1. The van der Waals surface area contributed by atoms with Crippen molar-refractivity contribution < 1.29 is 19.4 Å². The highest BCUT2D eigenvalue weighted by Gasteiger charge is 2.14. The minimum absolute atomic E-state index is 0.0386. The van der Waals surface area contributed by atoms with Crippen molar-refractivity contribution in [3.63, 3.8) is 0 Å². The monoisotopic (exact) mass is 296 g/mol. The number of carboxylic acids is 1. The zero-order valence-electron chi connectivity index (χ0n) is 12.4. The third-order valence-electron chi connectivity index (χ3n) is 3.10. The Morgan fingerprint density at radius 3 is 2.32 bits per heavy atom. The molecule has 0 spiro atoms. The zero-order chi connectivity index (χ0) is 16.1. The van der Waals surface area contributed by atoms with E-state index in [-0.39, 0.29) is 11.3 Å². The molecule has 0 atom stereocenters. The number of rotatable bonds is 4. The van der Waals surface area contributed by atoms with E-state index in [1.807, 2.05) is 31.2 Å². The molecule has 1 N–H and O–H groups in total. The summed E-state index contributed by atoms with van der Waals surface area (Å²) in [6.07, 6.45) is 1.70. The van der Waals surface area contributed by atoms with Gasteiger partial charge in [-0.25, -0.2) is 9.59 Å². The van der Waals surface area contributed by atoms with E-state index in [0.717, 1.165) is 11.1 Å². The molecule has 22 heavy (non-hydrogen) atoms. The van der Waals surface area contributed by atoms with Crippen molar-refractivity contribution in [2.75, 3.05) is 0 Å². The number of carboxylic acid groups (broad SMARTS) is 1. The highest BCUT2D eigenvalue weighted by molar-refractivity contribution is 5.97. The number of hydrogen-bond acceptors (Lipinski definition) is 3. The second kappa shape index (κ2) is 6.72. The number of esters is 1. The maximum absolute atomic E-state index is 12.1. The van der Waals surface area contributed by atoms with Crippen LogP contribution in [0.25, 0.3) is 6.08 Å². The molecular formula is C18H16O4. The van der Waals surface area contributed by atoms with Gasteiger partial charge in [-0.1, -0.05) is 42.0 Å². The minimum Gasteiger partial charge on any atom is -0.478 e. The van der Waals surface area contributed by atoms with Crippen molar-refractivity contribution in [2.45, 2.75) is 13.8 Å². The van der Waals surface area contributed by atoms with Gasteiger partial charge in [-0.3, -0.25) is 0 Å². The van der Waals surface area contributed by atoms with E-state index < -0.39 is 11.9 Å². The molecule has 0 aromatic heterocycles. The predicted octanol–water partition coefficient (Wildman–Crippen LogP) is 3.70. The number of aromatic carboxylic acids is 1. The Hall–Kier alpha value is -2.88. The fraction of sp³-hybridized carbons (Fsp3) is 0.111. The highest BCUT2D eigenvalue weighted by Crippen LogP contribution is 2.19. The molecule has 0 heterocycles. The molecule has 4 nitrogen and oxygen atoms in total. The number of para-hydroxylation sites is 1. The van der Waals surface area contributed by atoms with Gasteiger partial charge in [0.25, 0.3) is 0 Å². The largest absolute Gasteiger partial charge is 0.478 e. The van der Waals surface area contributed by atoms with E-state index in [2.05, 4.69) is 0 Å². The van der Waals surface area contributed by atoms with Gasteiger partial charge in [0, 0.05) is 5.57 Å². The molecule has 0 amide bonds. The van der Waals surface area contributed by atoms with E-state index in [4.69, 9.17) is 9.84 Å². The molecule has 0 saturated heterocycles. The van der Waals surface area contributed by atoms with Crippen molar-refractivity contribution in [3.05, 3.63) is 70.8 Å². The summed E-state index contributed by atoms with van der Waals surface area (Å²) in [6.45, 7) is 3.61. The first kappa shape index (κ1) is 15.5. The van der Waals surface area contributed by atoms with Crippen LogP contribution in [-0.4, -0.2) is 17.0 Å². The van der Waals surface area contributed by atoms with Crippen LogP contribution in [-0.2, 0) is 4.79 Å². The first-order valence-electron chi connectivity index (χ1n) is 6.77. The fourth-order valence-corrected chi connectivity index (χ4v) is 1.88. The summed E-state index contributed by atoms with van der Waals surface area (Å²) in [7, 11) is 0. The Bertz CT molecular complexity index is 727. The smallest absolute Gasteiger partial charge is 0.339 e. The Labute approximate surface area is 128 Å². The Kier molecular flexibility index (Phi) is 4.73. The molecule has 0 aliphatic heterocycles.